The van der Waals surface area contributed by atoms with Gasteiger partial charge in [0.1, 0.15) is 54.0 Å². The lowest BCUT2D eigenvalue weighted by Gasteiger charge is -2.41. The number of methoxy groups -OCH3 is 1. The minimum absolute atomic E-state index is 0.0183. The Morgan fingerprint density at radius 2 is 1.65 bits per heavy atom. The van der Waals surface area contributed by atoms with Crippen LogP contribution in [0.1, 0.15) is 10.4 Å². The van der Waals surface area contributed by atoms with Gasteiger partial charge in [-0.3, -0.25) is 0 Å². The van der Waals surface area contributed by atoms with Gasteiger partial charge in [0, 0.05) is 0 Å². The number of hydrogen-bond acceptors (Lipinski definition) is 12. The summed E-state index contributed by atoms with van der Waals surface area (Å²) in [5.74, 6) is -0.671. The highest BCUT2D eigenvalue weighted by molar-refractivity contribution is 5.92. The Morgan fingerprint density at radius 3 is 2.35 bits per heavy atom. The molecule has 2 aliphatic rings. The summed E-state index contributed by atoms with van der Waals surface area (Å²) in [6.07, 6.45) is -13.3. The Bertz CT molecular complexity index is 744. The molecule has 0 radical (unpaired) electrons. The van der Waals surface area contributed by atoms with Crippen molar-refractivity contribution < 1.29 is 59.1 Å². The first-order valence-corrected chi connectivity index (χ1v) is 9.55. The summed E-state index contributed by atoms with van der Waals surface area (Å²) in [4.78, 5) is 11.9. The van der Waals surface area contributed by atoms with Crippen LogP contribution in [0.3, 0.4) is 0 Å². The van der Waals surface area contributed by atoms with Gasteiger partial charge in [0.25, 0.3) is 0 Å². The van der Waals surface area contributed by atoms with E-state index in [0.717, 1.165) is 0 Å². The van der Waals surface area contributed by atoms with Gasteiger partial charge in [-0.2, -0.15) is 0 Å². The highest BCUT2D eigenvalue weighted by Crippen LogP contribution is 2.28. The maximum atomic E-state index is 11.9. The smallest absolute Gasteiger partial charge is 0.341 e. The Balaban J connectivity index is 1.68. The minimum atomic E-state index is -1.68. The number of carbonyl (C=O) groups is 1. The van der Waals surface area contributed by atoms with E-state index in [1.165, 1.54) is 19.2 Å². The van der Waals surface area contributed by atoms with Crippen LogP contribution in [0.4, 0.5) is 0 Å². The maximum absolute atomic E-state index is 11.9. The van der Waals surface area contributed by atoms with Gasteiger partial charge in [0.2, 0.25) is 6.29 Å². The molecule has 2 saturated heterocycles. The van der Waals surface area contributed by atoms with Gasteiger partial charge in [-0.25, -0.2) is 4.79 Å². The van der Waals surface area contributed by atoms with Gasteiger partial charge in [-0.1, -0.05) is 12.1 Å². The van der Waals surface area contributed by atoms with Gasteiger partial charge >= 0.3 is 5.97 Å². The van der Waals surface area contributed by atoms with E-state index in [1.807, 2.05) is 0 Å². The number of benzene rings is 1. The van der Waals surface area contributed by atoms with Gasteiger partial charge in [-0.15, -0.1) is 0 Å². The fraction of sp³-hybridized carbons (Fsp3) is 0.632. The van der Waals surface area contributed by atoms with E-state index in [-0.39, 0.29) is 17.9 Å². The number of hydrogen-bond donors (Lipinski definition) is 6. The molecule has 12 nitrogen and oxygen atoms in total. The zero-order valence-electron chi connectivity index (χ0n) is 16.6. The van der Waals surface area contributed by atoms with Crippen molar-refractivity contribution in [1.29, 1.82) is 0 Å². The topological polar surface area (TPSA) is 185 Å². The summed E-state index contributed by atoms with van der Waals surface area (Å²) in [5, 5.41) is 59.8. The van der Waals surface area contributed by atoms with Crippen molar-refractivity contribution >= 4 is 5.97 Å². The SMILES string of the molecule is COC(=O)c1ccccc1O[C@@H]1O[C@H](CO[C@@H]2OC[C@@H](O)[C@H](O)[C@H]2O)[C@@H](O)[C@H](O)[C@H]1O. The van der Waals surface area contributed by atoms with Crippen molar-refractivity contribution in [2.45, 2.75) is 55.3 Å². The molecule has 0 spiro atoms. The van der Waals surface area contributed by atoms with Crippen LogP contribution >= 0.6 is 0 Å². The molecule has 6 N–H and O–H groups in total. The highest BCUT2D eigenvalue weighted by Gasteiger charge is 2.46. The van der Waals surface area contributed by atoms with E-state index < -0.39 is 67.9 Å². The first kappa shape index (κ1) is 23.8. The van der Waals surface area contributed by atoms with E-state index in [1.54, 1.807) is 12.1 Å². The predicted molar refractivity (Wildman–Crippen MR) is 98.8 cm³/mol. The maximum Gasteiger partial charge on any atom is 0.341 e. The molecule has 174 valence electrons. The molecule has 0 saturated carbocycles. The van der Waals surface area contributed by atoms with Crippen molar-refractivity contribution in [1.82, 2.24) is 0 Å². The van der Waals surface area contributed by atoms with Gasteiger partial charge in [0.15, 0.2) is 6.29 Å². The van der Waals surface area contributed by atoms with Crippen LogP contribution in [0.15, 0.2) is 24.3 Å². The summed E-state index contributed by atoms with van der Waals surface area (Å²) in [6.45, 7) is -0.706. The zero-order chi connectivity index (χ0) is 22.7. The third-order valence-corrected chi connectivity index (χ3v) is 5.08. The summed E-state index contributed by atoms with van der Waals surface area (Å²) < 4.78 is 26.2. The van der Waals surface area contributed by atoms with Crippen molar-refractivity contribution in [3.63, 3.8) is 0 Å². The van der Waals surface area contributed by atoms with Gasteiger partial charge in [-0.05, 0) is 12.1 Å². The molecule has 31 heavy (non-hydrogen) atoms. The third kappa shape index (κ3) is 5.14. The summed E-state index contributed by atoms with van der Waals surface area (Å²) in [6, 6.07) is 6.02. The fourth-order valence-corrected chi connectivity index (χ4v) is 3.24. The molecule has 0 aromatic heterocycles. The molecular weight excluding hydrogens is 420 g/mol. The summed E-state index contributed by atoms with van der Waals surface area (Å²) >= 11 is 0. The fourth-order valence-electron chi connectivity index (χ4n) is 3.24. The zero-order valence-corrected chi connectivity index (χ0v) is 16.6. The molecular formula is C19H26O12. The Labute approximate surface area is 177 Å². The number of esters is 1. The molecule has 12 heteroatoms. The molecule has 0 aliphatic carbocycles. The molecule has 2 heterocycles. The summed E-state index contributed by atoms with van der Waals surface area (Å²) in [7, 11) is 1.19. The van der Waals surface area contributed by atoms with Crippen molar-refractivity contribution in [2.24, 2.45) is 0 Å². The largest absolute Gasteiger partial charge is 0.465 e. The number of aliphatic hydroxyl groups is 6. The van der Waals surface area contributed by atoms with Crippen LogP contribution in [0.25, 0.3) is 0 Å². The van der Waals surface area contributed by atoms with E-state index in [0.29, 0.717) is 0 Å². The molecule has 0 unspecified atom stereocenters. The Morgan fingerprint density at radius 1 is 0.968 bits per heavy atom. The average Bonchev–Trinajstić information content (AvgIpc) is 2.78. The quantitative estimate of drug-likeness (QED) is 0.246. The number of aliphatic hydroxyl groups excluding tert-OH is 6. The van der Waals surface area contributed by atoms with Crippen LogP contribution in [-0.2, 0) is 18.9 Å². The van der Waals surface area contributed by atoms with E-state index >= 15 is 0 Å². The normalized spacial score (nSPS) is 38.5. The van der Waals surface area contributed by atoms with Crippen LogP contribution in [-0.4, -0.2) is 112 Å². The lowest BCUT2D eigenvalue weighted by Crippen LogP contribution is -2.61. The molecule has 0 bridgehead atoms. The first-order valence-electron chi connectivity index (χ1n) is 9.55. The van der Waals surface area contributed by atoms with Crippen molar-refractivity contribution in [2.75, 3.05) is 20.3 Å². The minimum Gasteiger partial charge on any atom is -0.465 e. The standard InChI is InChI=1S/C19H26O12/c1-27-17(26)8-4-2-3-5-10(8)30-19-16(25)14(23)13(22)11(31-19)7-29-18-15(24)12(21)9(20)6-28-18/h2-5,9,11-16,18-25H,6-7H2,1H3/t9-,11-,12+,13-,14+,15-,16-,18+,19-/m1/s1. The molecule has 3 rings (SSSR count). The third-order valence-electron chi connectivity index (χ3n) is 5.08. The number of para-hydroxylation sites is 1. The highest BCUT2D eigenvalue weighted by atomic mass is 16.7. The molecule has 2 aliphatic heterocycles. The second kappa shape index (κ2) is 10.2. The van der Waals surface area contributed by atoms with Crippen LogP contribution in [0.5, 0.6) is 5.75 Å². The lowest BCUT2D eigenvalue weighted by atomic mass is 9.99. The van der Waals surface area contributed by atoms with E-state index in [9.17, 15) is 35.4 Å². The second-order valence-corrected chi connectivity index (χ2v) is 7.20. The molecule has 1 aromatic rings. The number of carbonyl (C=O) groups excluding carboxylic acids is 1. The lowest BCUT2D eigenvalue weighted by molar-refractivity contribution is -0.307. The van der Waals surface area contributed by atoms with E-state index in [2.05, 4.69) is 4.74 Å². The second-order valence-electron chi connectivity index (χ2n) is 7.20. The van der Waals surface area contributed by atoms with Gasteiger partial charge < -0.3 is 54.3 Å². The Kier molecular flexibility index (Phi) is 7.80. The predicted octanol–water partition coefficient (Wildman–Crippen LogP) is -2.88. The first-order chi connectivity index (χ1) is 14.7. The number of ether oxygens (including phenoxy) is 5. The number of rotatable bonds is 6. The van der Waals surface area contributed by atoms with Crippen molar-refractivity contribution in [3.8, 4) is 5.75 Å². The molecule has 1 aromatic carbocycles. The van der Waals surface area contributed by atoms with Crippen LogP contribution in [0.2, 0.25) is 0 Å². The molecule has 0 amide bonds. The van der Waals surface area contributed by atoms with Gasteiger partial charge in [0.05, 0.1) is 20.3 Å². The van der Waals surface area contributed by atoms with Crippen LogP contribution < -0.4 is 4.74 Å². The van der Waals surface area contributed by atoms with Crippen LogP contribution in [0, 0.1) is 0 Å². The molecule has 2 fully saturated rings. The van der Waals surface area contributed by atoms with E-state index in [4.69, 9.17) is 18.9 Å². The Hall–Kier alpha value is -1.87. The summed E-state index contributed by atoms with van der Waals surface area (Å²) in [5.41, 5.74) is 0.0560. The average molecular weight is 446 g/mol. The molecule has 9 atom stereocenters. The monoisotopic (exact) mass is 446 g/mol. The van der Waals surface area contributed by atoms with Crippen molar-refractivity contribution in [3.05, 3.63) is 29.8 Å².